The second-order valence-electron chi connectivity index (χ2n) is 5.02. The first-order valence-corrected chi connectivity index (χ1v) is 5.53. The van der Waals surface area contributed by atoms with Crippen molar-refractivity contribution >= 4 is 37.7 Å². The molecule has 3 heteroatoms. The van der Waals surface area contributed by atoms with Crippen molar-refractivity contribution in [1.29, 1.82) is 0 Å². The molecule has 0 N–H and O–H groups in total. The van der Waals surface area contributed by atoms with Gasteiger partial charge in [0, 0.05) is 0 Å². The van der Waals surface area contributed by atoms with Gasteiger partial charge in [0.2, 0.25) is 0 Å². The van der Waals surface area contributed by atoms with E-state index in [0.29, 0.717) is 0 Å². The molecule has 0 heterocycles. The Hall–Kier alpha value is 1.18. The van der Waals surface area contributed by atoms with E-state index >= 15 is 0 Å². The summed E-state index contributed by atoms with van der Waals surface area (Å²) in [5, 5.41) is 21.4. The van der Waals surface area contributed by atoms with Gasteiger partial charge < -0.3 is 10.2 Å². The van der Waals surface area contributed by atoms with E-state index in [9.17, 15) is 10.2 Å². The Morgan fingerprint density at radius 1 is 0.733 bits per heavy atom. The van der Waals surface area contributed by atoms with Crippen molar-refractivity contribution in [2.45, 2.75) is 78.4 Å². The molecule has 0 aliphatic rings. The largest absolute Gasteiger partial charge is 2.00 e. The van der Waals surface area contributed by atoms with E-state index in [4.69, 9.17) is 0 Å². The molecule has 0 amide bonds. The molecule has 0 saturated heterocycles. The van der Waals surface area contributed by atoms with Gasteiger partial charge in [-0.2, -0.15) is 0 Å². The topological polar surface area (TPSA) is 46.1 Å². The summed E-state index contributed by atoms with van der Waals surface area (Å²) in [6.07, 6.45) is 3.56. The molecule has 0 rings (SSSR count). The Kier molecular flexibility index (Phi) is 14.8. The first-order valence-electron chi connectivity index (χ1n) is 5.53. The van der Waals surface area contributed by atoms with Crippen molar-refractivity contribution in [1.82, 2.24) is 0 Å². The first-order chi connectivity index (χ1) is 6.12. The minimum atomic E-state index is -0.700. The molecule has 2 nitrogen and oxygen atoms in total. The third kappa shape index (κ3) is 31.3. The second-order valence-corrected chi connectivity index (χ2v) is 5.02. The van der Waals surface area contributed by atoms with Gasteiger partial charge in [-0.25, -0.2) is 0 Å². The predicted octanol–water partition coefficient (Wildman–Crippen LogP) is 1.47. The fraction of sp³-hybridized carbons (Fsp3) is 1.00. The molecule has 0 spiro atoms. The molecule has 0 saturated carbocycles. The maximum Gasteiger partial charge on any atom is 2.00 e. The Labute approximate surface area is 125 Å². The van der Waals surface area contributed by atoms with Crippen LogP contribution in [0.4, 0.5) is 0 Å². The van der Waals surface area contributed by atoms with Gasteiger partial charge in [0.1, 0.15) is 0 Å². The van der Waals surface area contributed by atoms with Crippen LogP contribution >= 0.6 is 0 Å². The molecule has 0 unspecified atom stereocenters. The van der Waals surface area contributed by atoms with Gasteiger partial charge >= 0.3 is 37.7 Å². The Balaban J connectivity index is -0.000000180. The summed E-state index contributed by atoms with van der Waals surface area (Å²) >= 11 is 0. The average Bonchev–Trinajstić information content (AvgIpc) is 1.81. The molecular weight excluding hydrogens is 216 g/mol. The van der Waals surface area contributed by atoms with Gasteiger partial charge in [0.05, 0.1) is 0 Å². The second kappa shape index (κ2) is 10.3. The summed E-state index contributed by atoms with van der Waals surface area (Å²) in [5.74, 6) is 0. The monoisotopic (exact) mass is 242 g/mol. The van der Waals surface area contributed by atoms with Crippen LogP contribution in [0, 0.1) is 0 Å². The van der Waals surface area contributed by atoms with E-state index < -0.39 is 11.2 Å². The van der Waals surface area contributed by atoms with Gasteiger partial charge in [-0.05, 0) is 0 Å². The number of hydrogen-bond donors (Lipinski definition) is 0. The van der Waals surface area contributed by atoms with Crippen molar-refractivity contribution in [3.05, 3.63) is 0 Å². The van der Waals surface area contributed by atoms with Crippen LogP contribution in [0.3, 0.4) is 0 Å². The fourth-order valence-corrected chi connectivity index (χ4v) is 1.20. The molecule has 0 radical (unpaired) electrons. The Morgan fingerprint density at radius 2 is 0.933 bits per heavy atom. The van der Waals surface area contributed by atoms with E-state index in [1.54, 1.807) is 27.7 Å². The van der Waals surface area contributed by atoms with E-state index in [1.807, 2.05) is 13.8 Å². The quantitative estimate of drug-likeness (QED) is 0.701. The summed E-state index contributed by atoms with van der Waals surface area (Å²) < 4.78 is 0. The average molecular weight is 242 g/mol. The molecule has 0 fully saturated rings. The SMILES string of the molecule is CCCC(C)(C)[O-].CCCC(C)(C)[O-].[Ca+2]. The fourth-order valence-electron chi connectivity index (χ4n) is 1.20. The first kappa shape index (κ1) is 21.5. The van der Waals surface area contributed by atoms with Crippen molar-refractivity contribution in [3.8, 4) is 0 Å². The Bertz CT molecular complexity index is 107. The minimum Gasteiger partial charge on any atom is -0.850 e. The van der Waals surface area contributed by atoms with E-state index in [1.165, 1.54) is 0 Å². The zero-order valence-electron chi connectivity index (χ0n) is 11.4. The molecule has 0 aromatic carbocycles. The summed E-state index contributed by atoms with van der Waals surface area (Å²) in [4.78, 5) is 0. The third-order valence-electron chi connectivity index (χ3n) is 1.70. The van der Waals surface area contributed by atoms with E-state index in [-0.39, 0.29) is 37.7 Å². The zero-order valence-corrected chi connectivity index (χ0v) is 13.6. The van der Waals surface area contributed by atoms with Gasteiger partial charge in [-0.3, -0.25) is 0 Å². The van der Waals surface area contributed by atoms with Crippen molar-refractivity contribution in [3.63, 3.8) is 0 Å². The molecule has 0 aromatic rings. The predicted molar refractivity (Wildman–Crippen MR) is 63.7 cm³/mol. The van der Waals surface area contributed by atoms with Crippen LogP contribution in [0.5, 0.6) is 0 Å². The molecule has 0 aliphatic carbocycles. The van der Waals surface area contributed by atoms with Crippen LogP contribution in [0.15, 0.2) is 0 Å². The Morgan fingerprint density at radius 3 is 0.933 bits per heavy atom. The number of rotatable bonds is 4. The summed E-state index contributed by atoms with van der Waals surface area (Å²) in [6, 6.07) is 0. The van der Waals surface area contributed by atoms with Gasteiger partial charge in [0.25, 0.3) is 0 Å². The summed E-state index contributed by atoms with van der Waals surface area (Å²) in [6.45, 7) is 10.9. The maximum absolute atomic E-state index is 10.7. The van der Waals surface area contributed by atoms with Crippen LogP contribution in [0.25, 0.3) is 0 Å². The maximum atomic E-state index is 10.7. The smallest absolute Gasteiger partial charge is 0.850 e. The van der Waals surface area contributed by atoms with Gasteiger partial charge in [-0.15, -0.1) is 11.2 Å². The minimum absolute atomic E-state index is 0. The van der Waals surface area contributed by atoms with Gasteiger partial charge in [-0.1, -0.05) is 67.2 Å². The molecule has 88 valence electrons. The molecule has 0 aliphatic heterocycles. The normalized spacial score (nSPS) is 11.2. The standard InChI is InChI=1S/2C6H13O.Ca/c2*1-4-5-6(2,3)7;/h2*4-5H2,1-3H3;/q2*-1;+2. The van der Waals surface area contributed by atoms with E-state index in [2.05, 4.69) is 0 Å². The molecule has 0 bridgehead atoms. The third-order valence-corrected chi connectivity index (χ3v) is 1.70. The van der Waals surface area contributed by atoms with Crippen LogP contribution < -0.4 is 10.2 Å². The van der Waals surface area contributed by atoms with Crippen LogP contribution in [-0.2, 0) is 0 Å². The van der Waals surface area contributed by atoms with Crippen LogP contribution in [0.1, 0.15) is 67.2 Å². The summed E-state index contributed by atoms with van der Waals surface area (Å²) in [7, 11) is 0. The van der Waals surface area contributed by atoms with Crippen LogP contribution in [0.2, 0.25) is 0 Å². The molecule has 15 heavy (non-hydrogen) atoms. The van der Waals surface area contributed by atoms with E-state index in [0.717, 1.165) is 25.7 Å². The van der Waals surface area contributed by atoms with Crippen molar-refractivity contribution in [2.75, 3.05) is 0 Å². The van der Waals surface area contributed by atoms with Crippen molar-refractivity contribution in [2.24, 2.45) is 0 Å². The van der Waals surface area contributed by atoms with Crippen LogP contribution in [-0.4, -0.2) is 48.9 Å². The number of hydrogen-bond acceptors (Lipinski definition) is 2. The van der Waals surface area contributed by atoms with Gasteiger partial charge in [0.15, 0.2) is 0 Å². The summed E-state index contributed by atoms with van der Waals surface area (Å²) in [5.41, 5.74) is -1.40. The molecule has 0 aromatic heterocycles. The van der Waals surface area contributed by atoms with Crippen molar-refractivity contribution < 1.29 is 10.2 Å². The molecular formula is C12H26CaO2. The zero-order chi connectivity index (χ0) is 11.8. The molecule has 0 atom stereocenters.